The average molecular weight is 309 g/mol. The lowest BCUT2D eigenvalue weighted by Crippen LogP contribution is -2.34. The molecule has 1 unspecified atom stereocenters. The van der Waals surface area contributed by atoms with Gasteiger partial charge in [-0.3, -0.25) is 0 Å². The molecule has 0 amide bonds. The summed E-state index contributed by atoms with van der Waals surface area (Å²) >= 11 is 0. The zero-order chi connectivity index (χ0) is 16.2. The number of fused-ring (bicyclic) bond motifs is 1. The molecule has 116 valence electrons. The van der Waals surface area contributed by atoms with E-state index in [1.54, 1.807) is 0 Å². The lowest BCUT2D eigenvalue weighted by Gasteiger charge is -2.36. The summed E-state index contributed by atoms with van der Waals surface area (Å²) in [5, 5.41) is 0. The van der Waals surface area contributed by atoms with E-state index in [-0.39, 0.29) is 6.04 Å². The molecule has 3 aromatic carbocycles. The molecule has 0 fully saturated rings. The molecule has 0 aliphatic carbocycles. The Morgan fingerprint density at radius 3 is 2.21 bits per heavy atom. The van der Waals surface area contributed by atoms with E-state index in [4.69, 9.17) is 0 Å². The highest BCUT2D eigenvalue weighted by Gasteiger charge is 2.25. The average Bonchev–Trinajstić information content (AvgIpc) is 2.67. The number of anilines is 2. The minimum Gasteiger partial charge on any atom is -0.327 e. The minimum atomic E-state index is 0.197. The quantitative estimate of drug-likeness (QED) is 0.559. The van der Waals surface area contributed by atoms with Gasteiger partial charge in [0.25, 0.3) is 0 Å². The van der Waals surface area contributed by atoms with Gasteiger partial charge in [0.15, 0.2) is 0 Å². The van der Waals surface area contributed by atoms with Gasteiger partial charge in [0.1, 0.15) is 0 Å². The van der Waals surface area contributed by atoms with Crippen molar-refractivity contribution in [1.82, 2.24) is 0 Å². The maximum atomic E-state index is 3.50. The second-order valence-electron chi connectivity index (χ2n) is 6.02. The van der Waals surface area contributed by atoms with Crippen molar-refractivity contribution in [3.8, 4) is 11.8 Å². The van der Waals surface area contributed by atoms with Gasteiger partial charge < -0.3 is 4.90 Å². The van der Waals surface area contributed by atoms with Gasteiger partial charge in [0, 0.05) is 16.9 Å². The predicted molar refractivity (Wildman–Crippen MR) is 100 cm³/mol. The van der Waals surface area contributed by atoms with Crippen molar-refractivity contribution in [2.75, 3.05) is 4.90 Å². The summed E-state index contributed by atoms with van der Waals surface area (Å²) in [5.74, 6) is 6.86. The highest BCUT2D eigenvalue weighted by molar-refractivity contribution is 5.70. The molecule has 1 aliphatic rings. The van der Waals surface area contributed by atoms with Crippen molar-refractivity contribution >= 4 is 11.4 Å². The van der Waals surface area contributed by atoms with Crippen LogP contribution in [0.15, 0.2) is 84.9 Å². The summed E-state index contributed by atoms with van der Waals surface area (Å²) < 4.78 is 0. The van der Waals surface area contributed by atoms with Gasteiger partial charge in [-0.25, -0.2) is 0 Å². The zero-order valence-electron chi connectivity index (χ0n) is 13.5. The van der Waals surface area contributed by atoms with E-state index in [0.29, 0.717) is 0 Å². The van der Waals surface area contributed by atoms with Crippen molar-refractivity contribution in [2.24, 2.45) is 0 Å². The Hall–Kier alpha value is -2.98. The molecule has 0 radical (unpaired) electrons. The summed E-state index contributed by atoms with van der Waals surface area (Å²) in [7, 11) is 0. The van der Waals surface area contributed by atoms with Crippen molar-refractivity contribution < 1.29 is 0 Å². The maximum Gasteiger partial charge on any atom is 0.0959 e. The number of para-hydroxylation sites is 2. The molecule has 1 heteroatoms. The van der Waals surface area contributed by atoms with Gasteiger partial charge in [-0.05, 0) is 48.7 Å². The Labute approximate surface area is 143 Å². The van der Waals surface area contributed by atoms with Crippen LogP contribution in [0.4, 0.5) is 11.4 Å². The van der Waals surface area contributed by atoms with Gasteiger partial charge in [0.05, 0.1) is 6.04 Å². The first kappa shape index (κ1) is 14.6. The van der Waals surface area contributed by atoms with Gasteiger partial charge in [-0.1, -0.05) is 66.4 Å². The van der Waals surface area contributed by atoms with Crippen molar-refractivity contribution in [1.29, 1.82) is 0 Å². The van der Waals surface area contributed by atoms with Crippen LogP contribution in [0.3, 0.4) is 0 Å². The third-order valence-electron chi connectivity index (χ3n) is 4.44. The van der Waals surface area contributed by atoms with Crippen LogP contribution in [0.5, 0.6) is 0 Å². The normalized spacial score (nSPS) is 16.0. The summed E-state index contributed by atoms with van der Waals surface area (Å²) in [5.41, 5.74) is 4.96. The van der Waals surface area contributed by atoms with Crippen LogP contribution in [0.25, 0.3) is 0 Å². The zero-order valence-corrected chi connectivity index (χ0v) is 13.5. The molecule has 1 nitrogen and oxygen atoms in total. The van der Waals surface area contributed by atoms with E-state index < -0.39 is 0 Å². The van der Waals surface area contributed by atoms with E-state index in [0.717, 1.165) is 18.4 Å². The third kappa shape index (κ3) is 2.92. The van der Waals surface area contributed by atoms with Gasteiger partial charge in [-0.2, -0.15) is 0 Å². The van der Waals surface area contributed by atoms with Crippen LogP contribution in [-0.2, 0) is 6.42 Å². The Bertz CT molecular complexity index is 872. The molecule has 0 aromatic heterocycles. The molecular formula is C23H19N. The summed E-state index contributed by atoms with van der Waals surface area (Å²) in [4.78, 5) is 2.38. The first-order valence-electron chi connectivity index (χ1n) is 8.40. The van der Waals surface area contributed by atoms with Crippen molar-refractivity contribution in [3.63, 3.8) is 0 Å². The van der Waals surface area contributed by atoms with Crippen LogP contribution in [0.1, 0.15) is 17.5 Å². The second-order valence-corrected chi connectivity index (χ2v) is 6.02. The standard InChI is InChI=1S/C23H19N/c1-3-9-19(10-4-1)15-17-22-18-16-20-11-7-8-14-23(20)24(22)21-12-5-2-6-13-21/h1-14,22H,16,18H2. The molecular weight excluding hydrogens is 290 g/mol. The molecule has 4 rings (SSSR count). The molecule has 24 heavy (non-hydrogen) atoms. The first-order chi connectivity index (χ1) is 11.9. The lowest BCUT2D eigenvalue weighted by molar-refractivity contribution is 0.681. The summed E-state index contributed by atoms with van der Waals surface area (Å²) in [6.07, 6.45) is 2.12. The number of benzene rings is 3. The monoisotopic (exact) mass is 309 g/mol. The van der Waals surface area contributed by atoms with Crippen LogP contribution in [0, 0.1) is 11.8 Å². The smallest absolute Gasteiger partial charge is 0.0959 e. The molecule has 1 aliphatic heterocycles. The molecule has 0 bridgehead atoms. The Morgan fingerprint density at radius 2 is 1.42 bits per heavy atom. The minimum absolute atomic E-state index is 0.197. The van der Waals surface area contributed by atoms with E-state index in [2.05, 4.69) is 83.5 Å². The fourth-order valence-corrected chi connectivity index (χ4v) is 3.28. The topological polar surface area (TPSA) is 3.24 Å². The SMILES string of the molecule is C(#CC1CCc2ccccc2N1c1ccccc1)c1ccccc1. The Kier molecular flexibility index (Phi) is 4.04. The van der Waals surface area contributed by atoms with Gasteiger partial charge >= 0.3 is 0 Å². The van der Waals surface area contributed by atoms with E-state index in [9.17, 15) is 0 Å². The van der Waals surface area contributed by atoms with Crippen LogP contribution in [0.2, 0.25) is 0 Å². The Balaban J connectivity index is 1.75. The molecule has 0 spiro atoms. The summed E-state index contributed by atoms with van der Waals surface area (Å²) in [6, 6.07) is 29.7. The molecule has 0 N–H and O–H groups in total. The molecule has 1 atom stereocenters. The highest BCUT2D eigenvalue weighted by atomic mass is 15.2. The van der Waals surface area contributed by atoms with Crippen LogP contribution < -0.4 is 4.90 Å². The number of hydrogen-bond acceptors (Lipinski definition) is 1. The lowest BCUT2D eigenvalue weighted by atomic mass is 9.95. The largest absolute Gasteiger partial charge is 0.327 e. The second kappa shape index (κ2) is 6.64. The van der Waals surface area contributed by atoms with Crippen molar-refractivity contribution in [2.45, 2.75) is 18.9 Å². The van der Waals surface area contributed by atoms with Crippen molar-refractivity contribution in [3.05, 3.63) is 96.1 Å². The number of aryl methyl sites for hydroxylation is 1. The van der Waals surface area contributed by atoms with Gasteiger partial charge in [0.2, 0.25) is 0 Å². The maximum absolute atomic E-state index is 3.50. The fraction of sp³-hybridized carbons (Fsp3) is 0.130. The number of rotatable bonds is 1. The third-order valence-corrected chi connectivity index (χ3v) is 4.44. The molecule has 0 saturated carbocycles. The van der Waals surface area contributed by atoms with Gasteiger partial charge in [-0.15, -0.1) is 0 Å². The van der Waals surface area contributed by atoms with E-state index in [1.807, 2.05) is 18.2 Å². The molecule has 1 heterocycles. The fourth-order valence-electron chi connectivity index (χ4n) is 3.28. The van der Waals surface area contributed by atoms with E-state index in [1.165, 1.54) is 16.9 Å². The number of hydrogen-bond donors (Lipinski definition) is 0. The van der Waals surface area contributed by atoms with E-state index >= 15 is 0 Å². The highest BCUT2D eigenvalue weighted by Crippen LogP contribution is 2.36. The molecule has 0 saturated heterocycles. The van der Waals surface area contributed by atoms with Crippen LogP contribution in [-0.4, -0.2) is 6.04 Å². The number of nitrogens with zero attached hydrogens (tertiary/aromatic N) is 1. The Morgan fingerprint density at radius 1 is 0.750 bits per heavy atom. The first-order valence-corrected chi connectivity index (χ1v) is 8.40. The summed E-state index contributed by atoms with van der Waals surface area (Å²) in [6.45, 7) is 0. The van der Waals surface area contributed by atoms with Crippen LogP contribution >= 0.6 is 0 Å². The predicted octanol–water partition coefficient (Wildman–Crippen LogP) is 5.19. The molecule has 3 aromatic rings.